The zero-order valence-electron chi connectivity index (χ0n) is 38.1. The largest absolute Gasteiger partial charge is 0.530 e. The Labute approximate surface area is 395 Å². The monoisotopic (exact) mass is 972 g/mol. The Bertz CT molecular complexity index is 2350. The minimum Gasteiger partial charge on any atom is -0.402 e. The van der Waals surface area contributed by atoms with Crippen molar-refractivity contribution in [2.24, 2.45) is 0 Å². The predicted octanol–water partition coefficient (Wildman–Crippen LogP) is 12.1. The number of phosphoric ester groups is 1. The van der Waals surface area contributed by atoms with Crippen molar-refractivity contribution < 1.29 is 50.3 Å². The van der Waals surface area contributed by atoms with Crippen molar-refractivity contribution in [2.75, 3.05) is 18.9 Å². The highest BCUT2D eigenvalue weighted by Crippen LogP contribution is 2.55. The van der Waals surface area contributed by atoms with E-state index in [9.17, 15) is 28.3 Å². The number of halogens is 4. The van der Waals surface area contributed by atoms with Crippen molar-refractivity contribution in [3.05, 3.63) is 88.6 Å². The molecule has 6 rings (SSSR count). The zero-order valence-corrected chi connectivity index (χ0v) is 39.8. The van der Waals surface area contributed by atoms with Crippen LogP contribution in [0.15, 0.2) is 60.9 Å². The molecule has 364 valence electrons. The van der Waals surface area contributed by atoms with E-state index in [1.165, 1.54) is 43.8 Å². The van der Waals surface area contributed by atoms with E-state index in [4.69, 9.17) is 49.9 Å². The van der Waals surface area contributed by atoms with E-state index < -0.39 is 62.5 Å². The first kappa shape index (κ1) is 52.1. The standard InChI is InChI=1S/C48H61ClF3N6O8P/c1-47(2)63-44-43(39-23-24-40-46(55)56-33-57-58(39)40)64-48(31-54,45(44)65-47)32-62-67(59,66-41-21-18-17-20-38(41)49)61-30-37(60-29-35-25-34(28-53)26-36(50)27-35)19-15-13-11-9-7-5-3-4-6-8-10-12-14-16-22-42(51)52/h17-18,20-21,23-27,33,37,42-45H,3-16,19,22,29-30,32H2,1-2H3,(H2,55,56,57)/t37-,43+,44+,45+,48-,67?/m1/s1. The van der Waals surface area contributed by atoms with Gasteiger partial charge >= 0.3 is 7.82 Å². The molecule has 2 aliphatic rings. The molecule has 6 atom stereocenters. The Kier molecular flexibility index (Phi) is 19.3. The summed E-state index contributed by atoms with van der Waals surface area (Å²) in [4.78, 5) is 4.06. The number of nitrogen functional groups attached to an aromatic ring is 1. The van der Waals surface area contributed by atoms with E-state index in [1.54, 1.807) is 48.7 Å². The zero-order chi connectivity index (χ0) is 47.9. The highest BCUT2D eigenvalue weighted by molar-refractivity contribution is 7.49. The minimum absolute atomic E-state index is 0.00129. The number of nitriles is 2. The SMILES string of the molecule is CC1(C)O[C@H]2[C@H](c3ccc4c(N)ncnn34)O[C@](C#N)(COP(=O)(OC[C@@H](CCCCCCCCCCCCCCCCC(F)F)OCc3cc(F)cc(C#N)c3)Oc3ccccc3Cl)[C@H]2O1. The molecule has 2 fully saturated rings. The molecule has 2 N–H and O–H groups in total. The maximum absolute atomic E-state index is 14.9. The molecule has 0 spiro atoms. The topological polar surface area (TPSA) is 185 Å². The Balaban J connectivity index is 1.09. The van der Waals surface area contributed by atoms with Crippen LogP contribution < -0.4 is 10.3 Å². The molecule has 14 nitrogen and oxygen atoms in total. The van der Waals surface area contributed by atoms with Crippen molar-refractivity contribution >= 4 is 30.8 Å². The first-order valence-electron chi connectivity index (χ1n) is 23.2. The summed E-state index contributed by atoms with van der Waals surface area (Å²) in [5, 5.41) is 24.7. The van der Waals surface area contributed by atoms with Crippen LogP contribution in [0, 0.1) is 28.5 Å². The van der Waals surface area contributed by atoms with Crippen molar-refractivity contribution in [2.45, 2.75) is 165 Å². The summed E-state index contributed by atoms with van der Waals surface area (Å²) < 4.78 is 98.8. The molecule has 0 aliphatic carbocycles. The van der Waals surface area contributed by atoms with Crippen LogP contribution in [0.2, 0.25) is 5.02 Å². The van der Waals surface area contributed by atoms with Gasteiger partial charge in [0.2, 0.25) is 12.0 Å². The molecule has 4 heterocycles. The van der Waals surface area contributed by atoms with Crippen LogP contribution in [0.25, 0.3) is 5.52 Å². The van der Waals surface area contributed by atoms with Gasteiger partial charge in [-0.2, -0.15) is 15.6 Å². The van der Waals surface area contributed by atoms with Gasteiger partial charge in [-0.15, -0.1) is 0 Å². The number of benzene rings is 2. The number of nitrogens with zero attached hydrogens (tertiary/aromatic N) is 5. The van der Waals surface area contributed by atoms with Crippen LogP contribution in [0.3, 0.4) is 0 Å². The quantitative estimate of drug-likeness (QED) is 0.0400. The average molecular weight is 973 g/mol. The van der Waals surface area contributed by atoms with Crippen LogP contribution in [0.1, 0.15) is 140 Å². The van der Waals surface area contributed by atoms with Gasteiger partial charge in [0.25, 0.3) is 0 Å². The van der Waals surface area contributed by atoms with Gasteiger partial charge < -0.3 is 29.2 Å². The number of aromatic nitrogens is 3. The molecular formula is C48H61ClF3N6O8P. The molecule has 4 aromatic rings. The third-order valence-corrected chi connectivity index (χ3v) is 13.5. The van der Waals surface area contributed by atoms with Crippen LogP contribution >= 0.6 is 19.4 Å². The number of unbranched alkanes of at least 4 members (excludes halogenated alkanes) is 13. The van der Waals surface area contributed by atoms with Gasteiger partial charge in [0.05, 0.1) is 41.7 Å². The molecule has 2 saturated heterocycles. The Morgan fingerprint density at radius 1 is 0.881 bits per heavy atom. The number of nitrogens with two attached hydrogens (primary N) is 1. The van der Waals surface area contributed by atoms with E-state index in [0.29, 0.717) is 29.6 Å². The van der Waals surface area contributed by atoms with Gasteiger partial charge in [-0.1, -0.05) is 107 Å². The van der Waals surface area contributed by atoms with Crippen LogP contribution in [0.5, 0.6) is 5.75 Å². The highest BCUT2D eigenvalue weighted by atomic mass is 35.5. The van der Waals surface area contributed by atoms with Gasteiger partial charge in [0.15, 0.2) is 11.6 Å². The molecule has 0 saturated carbocycles. The van der Waals surface area contributed by atoms with Crippen molar-refractivity contribution in [3.63, 3.8) is 0 Å². The van der Waals surface area contributed by atoms with Gasteiger partial charge in [0.1, 0.15) is 54.4 Å². The summed E-state index contributed by atoms with van der Waals surface area (Å²) in [5.74, 6) is -1.48. The lowest BCUT2D eigenvalue weighted by atomic mass is 9.96. The number of alkyl halides is 2. The molecule has 19 heteroatoms. The fraction of sp³-hybridized carbons (Fsp3) is 0.583. The first-order chi connectivity index (χ1) is 32.2. The fourth-order valence-electron chi connectivity index (χ4n) is 8.49. The fourth-order valence-corrected chi connectivity index (χ4v) is 9.99. The minimum atomic E-state index is -4.68. The van der Waals surface area contributed by atoms with E-state index in [1.807, 2.05) is 6.07 Å². The van der Waals surface area contributed by atoms with Crippen molar-refractivity contribution in [1.29, 1.82) is 10.5 Å². The smallest absolute Gasteiger partial charge is 0.402 e. The summed E-state index contributed by atoms with van der Waals surface area (Å²) in [5.41, 5.74) is 5.81. The summed E-state index contributed by atoms with van der Waals surface area (Å²) in [6.07, 6.45) is 10.4. The molecular weight excluding hydrogens is 912 g/mol. The molecule has 2 aromatic carbocycles. The van der Waals surface area contributed by atoms with Gasteiger partial charge in [0, 0.05) is 6.42 Å². The van der Waals surface area contributed by atoms with Crippen molar-refractivity contribution in [1.82, 2.24) is 14.6 Å². The Morgan fingerprint density at radius 2 is 1.54 bits per heavy atom. The lowest BCUT2D eigenvalue weighted by molar-refractivity contribution is -0.204. The Morgan fingerprint density at radius 3 is 2.18 bits per heavy atom. The number of fused-ring (bicyclic) bond motifs is 2. The van der Waals surface area contributed by atoms with E-state index in [0.717, 1.165) is 70.3 Å². The molecule has 0 radical (unpaired) electrons. The maximum Gasteiger partial charge on any atom is 0.530 e. The molecule has 2 aromatic heterocycles. The normalized spacial score (nSPS) is 21.2. The van der Waals surface area contributed by atoms with E-state index >= 15 is 0 Å². The summed E-state index contributed by atoms with van der Waals surface area (Å²) >= 11 is 6.47. The second-order valence-electron chi connectivity index (χ2n) is 17.6. The number of hydrogen-bond donors (Lipinski definition) is 1. The summed E-state index contributed by atoms with van der Waals surface area (Å²) in [6, 6.07) is 17.9. The lowest BCUT2D eigenvalue weighted by Gasteiger charge is -2.30. The third kappa shape index (κ3) is 14.9. The van der Waals surface area contributed by atoms with Crippen LogP contribution in [0.4, 0.5) is 19.0 Å². The van der Waals surface area contributed by atoms with Gasteiger partial charge in [-0.05, 0) is 74.7 Å². The lowest BCUT2D eigenvalue weighted by Crippen LogP contribution is -2.46. The van der Waals surface area contributed by atoms with E-state index in [-0.39, 0.29) is 41.8 Å². The molecule has 0 bridgehead atoms. The number of rotatable bonds is 29. The number of ether oxygens (including phenoxy) is 4. The van der Waals surface area contributed by atoms with E-state index in [2.05, 4.69) is 16.2 Å². The van der Waals surface area contributed by atoms with Crippen LogP contribution in [-0.2, 0) is 39.2 Å². The second-order valence-corrected chi connectivity index (χ2v) is 19.6. The molecule has 2 aliphatic heterocycles. The molecule has 1 unspecified atom stereocenters. The van der Waals surface area contributed by atoms with Crippen LogP contribution in [-0.4, -0.2) is 63.9 Å². The number of anilines is 1. The summed E-state index contributed by atoms with van der Waals surface area (Å²) in [6.45, 7) is 2.40. The molecule has 67 heavy (non-hydrogen) atoms. The third-order valence-electron chi connectivity index (χ3n) is 11.9. The number of para-hydroxylation sites is 1. The average Bonchev–Trinajstić information content (AvgIpc) is 3.97. The van der Waals surface area contributed by atoms with Gasteiger partial charge in [-0.3, -0.25) is 9.05 Å². The van der Waals surface area contributed by atoms with Gasteiger partial charge in [-0.25, -0.2) is 27.2 Å². The highest BCUT2D eigenvalue weighted by Gasteiger charge is 2.65. The predicted molar refractivity (Wildman–Crippen MR) is 245 cm³/mol. The maximum atomic E-state index is 14.9. The first-order valence-corrected chi connectivity index (χ1v) is 25.0. The second kappa shape index (κ2) is 24.8. The molecule has 0 amide bonds. The van der Waals surface area contributed by atoms with Crippen molar-refractivity contribution in [3.8, 4) is 17.9 Å². The summed E-state index contributed by atoms with van der Waals surface area (Å²) in [7, 11) is -4.68. The number of phosphoric acid groups is 1. The Hall–Kier alpha value is -4.29. The number of hydrogen-bond acceptors (Lipinski definition) is 13.